The maximum Gasteiger partial charge on any atom is 0.351 e. The van der Waals surface area contributed by atoms with E-state index in [2.05, 4.69) is 105 Å². The Bertz CT molecular complexity index is 6760. The van der Waals surface area contributed by atoms with E-state index >= 15 is 0 Å². The van der Waals surface area contributed by atoms with E-state index in [-0.39, 0.29) is 46.1 Å². The highest BCUT2D eigenvalue weighted by atomic mass is 79.9. The highest BCUT2D eigenvalue weighted by Gasteiger charge is 2.44. The van der Waals surface area contributed by atoms with Crippen molar-refractivity contribution in [1.82, 2.24) is 43.9 Å². The number of aliphatic hydroxyl groups is 5. The number of hydrogen-bond donors (Lipinski definition) is 14. The predicted octanol–water partition coefficient (Wildman–Crippen LogP) is 12.7. The Labute approximate surface area is 814 Å². The number of nitrogens with one attached hydrogen (secondary N) is 1. The largest absolute Gasteiger partial charge is 0.495 e. The number of imidazole rings is 2. The van der Waals surface area contributed by atoms with E-state index in [0.29, 0.717) is 118 Å². The van der Waals surface area contributed by atoms with Gasteiger partial charge in [-0.25, -0.2) is 24.7 Å². The lowest BCUT2D eigenvalue weighted by atomic mass is 9.82. The minimum atomic E-state index is -1.31. The van der Waals surface area contributed by atoms with Gasteiger partial charge in [-0.2, -0.15) is 10.2 Å². The van der Waals surface area contributed by atoms with E-state index in [1.807, 2.05) is 104 Å². The number of halogens is 2. The van der Waals surface area contributed by atoms with Gasteiger partial charge in [0.25, 0.3) is 0 Å². The molecule has 1 saturated heterocycles. The molecular formula is C100H118Br2N18O18. The number of ether oxygens (including phenoxy) is 11. The first kappa shape index (κ1) is 103. The first-order valence-corrected chi connectivity index (χ1v) is 45.7. The minimum absolute atomic E-state index is 0.00629. The number of anilines is 6. The molecule has 0 radical (unpaired) electrons. The molecule has 0 bridgehead atoms. The van der Waals surface area contributed by atoms with Gasteiger partial charge < -0.3 is 138 Å². The fourth-order valence-corrected chi connectivity index (χ4v) is 18.4. The normalized spacial score (nSPS) is 16.8. The first-order valence-electron chi connectivity index (χ1n) is 44.1. The Morgan fingerprint density at radius 2 is 1.18 bits per heavy atom. The summed E-state index contributed by atoms with van der Waals surface area (Å²) < 4.78 is 67.0. The number of fused-ring (bicyclic) bond motifs is 11. The van der Waals surface area contributed by atoms with Crippen LogP contribution in [0.5, 0.6) is 51.7 Å². The Morgan fingerprint density at radius 1 is 0.609 bits per heavy atom. The number of nitriles is 1. The molecule has 36 nitrogen and oxygen atoms in total. The molecule has 0 spiro atoms. The van der Waals surface area contributed by atoms with Crippen molar-refractivity contribution in [3.8, 4) is 68.9 Å². The number of aromatic nitrogens is 8. The Kier molecular flexibility index (Phi) is 33.2. The zero-order valence-corrected chi connectivity index (χ0v) is 82.8. The van der Waals surface area contributed by atoms with Crippen molar-refractivity contribution < 1.29 is 77.6 Å². The van der Waals surface area contributed by atoms with Gasteiger partial charge >= 0.3 is 5.69 Å². The van der Waals surface area contributed by atoms with Crippen LogP contribution < -0.4 is 105 Å². The van der Waals surface area contributed by atoms with Crippen LogP contribution in [0.15, 0.2) is 181 Å². The quantitative estimate of drug-likeness (QED) is 0.0297. The van der Waals surface area contributed by atoms with Crippen LogP contribution in [0.3, 0.4) is 0 Å². The summed E-state index contributed by atoms with van der Waals surface area (Å²) in [7, 11) is 11.0. The van der Waals surface area contributed by atoms with Crippen LogP contribution in [0.4, 0.5) is 34.5 Å². The summed E-state index contributed by atoms with van der Waals surface area (Å²) in [5.41, 5.74) is 61.3. The highest BCUT2D eigenvalue weighted by molar-refractivity contribution is 9.11. The van der Waals surface area contributed by atoms with Crippen molar-refractivity contribution in [1.29, 1.82) is 5.26 Å². The van der Waals surface area contributed by atoms with Crippen LogP contribution in [0.2, 0.25) is 0 Å². The number of nitrogen functional groups attached to an aromatic ring is 6. The first-order chi connectivity index (χ1) is 65.7. The summed E-state index contributed by atoms with van der Waals surface area (Å²) in [5, 5.41) is 63.7. The van der Waals surface area contributed by atoms with Crippen LogP contribution in [0.1, 0.15) is 137 Å². The van der Waals surface area contributed by atoms with Crippen LogP contribution in [-0.4, -0.2) is 163 Å². The zero-order valence-electron chi connectivity index (χ0n) is 79.6. The molecular weight excluding hydrogens is 1900 g/mol. The van der Waals surface area contributed by atoms with E-state index in [4.69, 9.17) is 103 Å². The third kappa shape index (κ3) is 22.2. The number of benzene rings is 7. The van der Waals surface area contributed by atoms with Crippen molar-refractivity contribution >= 4 is 110 Å². The molecule has 22 N–H and O–H groups in total. The van der Waals surface area contributed by atoms with Gasteiger partial charge in [-0.15, -0.1) is 0 Å². The molecule has 13 aromatic rings. The number of nitrogens with zero attached hydrogens (tertiary/aromatic N) is 9. The van der Waals surface area contributed by atoms with Crippen molar-refractivity contribution in [3.63, 3.8) is 0 Å². The fraction of sp³-hybridized carbons (Fsp3) is 0.340. The Hall–Kier alpha value is -13.6. The smallest absolute Gasteiger partial charge is 0.351 e. The van der Waals surface area contributed by atoms with Crippen molar-refractivity contribution in [2.24, 2.45) is 11.5 Å². The lowest BCUT2D eigenvalue weighted by Gasteiger charge is -2.29. The predicted molar refractivity (Wildman–Crippen MR) is 539 cm³/mol. The molecule has 1 unspecified atom stereocenters. The van der Waals surface area contributed by atoms with Gasteiger partial charge in [0.15, 0.2) is 52.4 Å². The SMILES string of the molecule is CCNCc1nc2c(N)nc3ccccc3c2n1CC(C)(C)O.CCOCc1nc2c(N)nc3ccccc3c2n1CC(C)(C)O.COc1c(C)cc([C@H]2C(C)=C(C)Oc3cc(N)ccc32)cc1Br.COc1cc([C@H]2C(C#N)=C(N)Oc3c2ccc(N)c3N)cc(Br)c1OC.COc1cc2c(c(OC)c1OC)-c1ccc(OC)c(=O)cc1[C@@H](N)CC2.Nc1ccn([C@@H]2O[C@H](CO)[C@H](O)C2O)c(=O)n1. The summed E-state index contributed by atoms with van der Waals surface area (Å²) >= 11 is 7.10. The number of nitrogens with two attached hydrogens (primary N) is 8. The zero-order chi connectivity index (χ0) is 100. The minimum Gasteiger partial charge on any atom is -0.495 e. The average Bonchev–Trinajstić information content (AvgIpc) is 1.56. The second-order valence-corrected chi connectivity index (χ2v) is 35.9. The number of pyridine rings is 2. The number of aliphatic hydroxyl groups excluding tert-OH is 3. The molecule has 8 aromatic carbocycles. The van der Waals surface area contributed by atoms with Gasteiger partial charge in [0.05, 0.1) is 136 Å². The standard InChI is InChI=1S/C20H23NO5.C19H20BrNO2.C18H17BrN4O3.C17H23N5O.C17H22N4O2.C9H13N3O5/c1-23-16-8-6-12-13(10-15(16)22)14(21)7-5-11-9-17(24-2)19(25-3)20(26-4)18(11)12;1-10-7-13(8-16(20)19(10)22-4)18-11(2)12(3)23-17-9-14(21)5-6-15(17)18;1-24-13-6-8(5-11(19)17(13)25-2)14-9-3-4-12(21)15(22)16(9)26-18(23)10(14)7-20;1-4-19-9-13-21-14-15(22(13)10-17(2,3)23)11-7-5-6-8-12(11)20-16(14)18;1-4-23-9-13-20-14-15(21(13)10-17(2,3)22)11-7-5-6-8-12(11)19-16(14)18;10-5-1-2-12(9(16)11-5)8-7(15)6(14)4(3-13)17-8/h6,8-10,14H,5,7,21H2,1-4H3;5-9,18H,21H2,1-4H3;3-6,14H,21-23H2,1-2H3;5-8,19,23H,4,9-10H2,1-3H3,(H2,18,20);5-8,22H,4,9-10H2,1-3H3,(H2,18,19);1-2,4,6-8,13-15H,3H2,(H2,10,11,16)/t14-;18-;14-;;;4-,6+,7?,8-/m011..1/s1. The third-order valence-electron chi connectivity index (χ3n) is 23.5. The molecule has 0 saturated carbocycles. The Morgan fingerprint density at radius 3 is 1.73 bits per heavy atom. The molecule has 0 amide bonds. The second-order valence-electron chi connectivity index (χ2n) is 34.1. The summed E-state index contributed by atoms with van der Waals surface area (Å²) in [5.74, 6) is 8.14. The maximum atomic E-state index is 12.4. The summed E-state index contributed by atoms with van der Waals surface area (Å²) in [6.45, 7) is 20.1. The number of para-hydroxylation sites is 2. The monoisotopic (exact) mass is 2020 g/mol. The molecule has 8 heterocycles. The molecule has 7 atom stereocenters. The van der Waals surface area contributed by atoms with Crippen molar-refractivity contribution in [2.45, 2.75) is 155 Å². The average molecular weight is 2020 g/mol. The summed E-state index contributed by atoms with van der Waals surface area (Å²) in [4.78, 5) is 45.6. The lowest BCUT2D eigenvalue weighted by molar-refractivity contribution is -0.0549. The van der Waals surface area contributed by atoms with Gasteiger partial charge in [-0.1, -0.05) is 67.6 Å². The topological polar surface area (TPSA) is 560 Å². The third-order valence-corrected chi connectivity index (χ3v) is 24.7. The molecule has 1 fully saturated rings. The molecule has 5 aromatic heterocycles. The van der Waals surface area contributed by atoms with Gasteiger partial charge in [-0.3, -0.25) is 9.36 Å². The van der Waals surface area contributed by atoms with E-state index in [9.17, 15) is 35.3 Å². The van der Waals surface area contributed by atoms with Crippen LogP contribution in [0.25, 0.3) is 55.0 Å². The number of aryl methyl sites for hydroxylation is 2. The molecule has 138 heavy (non-hydrogen) atoms. The van der Waals surface area contributed by atoms with E-state index in [1.54, 1.807) is 101 Å². The molecule has 4 aliphatic rings. The van der Waals surface area contributed by atoms with Crippen LogP contribution in [-0.2, 0) is 42.1 Å². The Balaban J connectivity index is 0.000000149. The molecule has 38 heteroatoms. The lowest BCUT2D eigenvalue weighted by Crippen LogP contribution is -2.36. The van der Waals surface area contributed by atoms with Gasteiger partial charge in [0, 0.05) is 64.0 Å². The molecule has 1 aliphatic carbocycles. The maximum absolute atomic E-state index is 12.4. The number of rotatable bonds is 21. The van der Waals surface area contributed by atoms with E-state index in [0.717, 1.165) is 123 Å². The molecule has 730 valence electrons. The van der Waals surface area contributed by atoms with Crippen molar-refractivity contribution in [2.75, 3.05) is 104 Å². The van der Waals surface area contributed by atoms with Crippen LogP contribution in [0, 0.1) is 18.3 Å². The van der Waals surface area contributed by atoms with Crippen LogP contribution >= 0.6 is 31.9 Å². The number of hydrogen-bond acceptors (Lipinski definition) is 33. The van der Waals surface area contributed by atoms with Gasteiger partial charge in [0.1, 0.15) is 82.3 Å². The van der Waals surface area contributed by atoms with Crippen molar-refractivity contribution in [3.05, 3.63) is 243 Å². The van der Waals surface area contributed by atoms with E-state index in [1.165, 1.54) is 30.5 Å². The van der Waals surface area contributed by atoms with Gasteiger partial charge in [-0.05, 0) is 212 Å². The van der Waals surface area contributed by atoms with E-state index < -0.39 is 54.0 Å². The van der Waals surface area contributed by atoms with Gasteiger partial charge in [0.2, 0.25) is 17.1 Å². The fourth-order valence-electron chi connectivity index (χ4n) is 17.0. The highest BCUT2D eigenvalue weighted by Crippen LogP contribution is 2.53. The number of methoxy groups -OCH3 is 7. The molecule has 17 rings (SSSR count). The molecule has 3 aliphatic heterocycles. The second kappa shape index (κ2) is 44.3. The number of allylic oxidation sites excluding steroid dienone is 3. The summed E-state index contributed by atoms with van der Waals surface area (Å²) in [6, 6.07) is 43.2. The summed E-state index contributed by atoms with van der Waals surface area (Å²) in [6.07, 6.45) is -1.83.